The van der Waals surface area contributed by atoms with Gasteiger partial charge in [0.05, 0.1) is 6.10 Å². The van der Waals surface area contributed by atoms with Crippen molar-refractivity contribution in [2.24, 2.45) is 28.6 Å². The summed E-state index contributed by atoms with van der Waals surface area (Å²) in [6.45, 7) is 4.85. The van der Waals surface area contributed by atoms with E-state index in [0.717, 1.165) is 37.5 Å². The lowest BCUT2D eigenvalue weighted by Crippen LogP contribution is -2.60. The molecule has 2 unspecified atom stereocenters. The summed E-state index contributed by atoms with van der Waals surface area (Å²) in [5.41, 5.74) is 0.674. The fraction of sp³-hybridized carbons (Fsp3) is 0.944. The quantitative estimate of drug-likeness (QED) is 0.721. The van der Waals surface area contributed by atoms with Crippen molar-refractivity contribution in [3.8, 4) is 0 Å². The second kappa shape index (κ2) is 4.47. The summed E-state index contributed by atoms with van der Waals surface area (Å²) in [7, 11) is 0. The Morgan fingerprint density at radius 2 is 1.95 bits per heavy atom. The van der Waals surface area contributed by atoms with E-state index >= 15 is 0 Å². The van der Waals surface area contributed by atoms with Gasteiger partial charge in [-0.05, 0) is 73.5 Å². The highest BCUT2D eigenvalue weighted by molar-refractivity contribution is 5.77. The van der Waals surface area contributed by atoms with Crippen LogP contribution >= 0.6 is 0 Å². The minimum atomic E-state index is -0.0738. The summed E-state index contributed by atoms with van der Waals surface area (Å²) in [5, 5.41) is 13.5. The first kappa shape index (κ1) is 14.0. The molecule has 0 aromatic rings. The van der Waals surface area contributed by atoms with Crippen LogP contribution < -0.4 is 5.32 Å². The highest BCUT2D eigenvalue weighted by Crippen LogP contribution is 2.63. The zero-order chi connectivity index (χ0) is 14.8. The van der Waals surface area contributed by atoms with E-state index in [4.69, 9.17) is 0 Å². The SMILES string of the molecule is C[C@]12CC[C@@H]3[C@@H](CCC4NC(=O)CC[C@@]43C)[C@@H]1CC(O)C2. The number of rotatable bonds is 0. The lowest BCUT2D eigenvalue weighted by Gasteiger charge is -2.59. The summed E-state index contributed by atoms with van der Waals surface area (Å²) < 4.78 is 0. The molecule has 0 aromatic carbocycles. The van der Waals surface area contributed by atoms with Crippen LogP contribution in [0.25, 0.3) is 0 Å². The van der Waals surface area contributed by atoms with Gasteiger partial charge < -0.3 is 10.4 Å². The third-order valence-electron chi connectivity index (χ3n) is 7.84. The van der Waals surface area contributed by atoms with E-state index in [9.17, 15) is 9.90 Å². The van der Waals surface area contributed by atoms with Gasteiger partial charge in [0.15, 0.2) is 0 Å². The van der Waals surface area contributed by atoms with Crippen LogP contribution in [-0.2, 0) is 4.79 Å². The van der Waals surface area contributed by atoms with Gasteiger partial charge >= 0.3 is 0 Å². The fourth-order valence-electron chi connectivity index (χ4n) is 6.72. The summed E-state index contributed by atoms with van der Waals surface area (Å²) >= 11 is 0. The predicted octanol–water partition coefficient (Wildman–Crippen LogP) is 2.87. The number of fused-ring (bicyclic) bond motifs is 5. The molecule has 2 N–H and O–H groups in total. The van der Waals surface area contributed by atoms with Crippen LogP contribution in [0.1, 0.15) is 65.2 Å². The van der Waals surface area contributed by atoms with Crippen molar-refractivity contribution in [1.29, 1.82) is 0 Å². The largest absolute Gasteiger partial charge is 0.393 e. The molecular formula is C18H29NO2. The number of carbonyl (C=O) groups excluding carboxylic acids is 1. The maximum atomic E-state index is 11.8. The highest BCUT2D eigenvalue weighted by atomic mass is 16.3. The molecule has 1 saturated heterocycles. The Kier molecular flexibility index (Phi) is 2.99. The van der Waals surface area contributed by atoms with Crippen LogP contribution in [0.2, 0.25) is 0 Å². The van der Waals surface area contributed by atoms with Gasteiger partial charge in [-0.25, -0.2) is 0 Å². The van der Waals surface area contributed by atoms with Crippen LogP contribution in [0.3, 0.4) is 0 Å². The lowest BCUT2D eigenvalue weighted by molar-refractivity contribution is -0.135. The molecule has 4 rings (SSSR count). The number of aliphatic hydroxyl groups excluding tert-OH is 1. The molecule has 0 aromatic heterocycles. The molecular weight excluding hydrogens is 262 g/mol. The van der Waals surface area contributed by atoms with E-state index in [1.165, 1.54) is 19.3 Å². The highest BCUT2D eigenvalue weighted by Gasteiger charge is 2.59. The molecule has 3 aliphatic carbocycles. The number of hydrogen-bond donors (Lipinski definition) is 2. The summed E-state index contributed by atoms with van der Waals surface area (Å²) in [6.07, 6.45) is 8.69. The van der Waals surface area contributed by atoms with Gasteiger partial charge in [0.25, 0.3) is 0 Å². The van der Waals surface area contributed by atoms with Crippen molar-refractivity contribution in [3.63, 3.8) is 0 Å². The van der Waals surface area contributed by atoms with Crippen LogP contribution in [0.5, 0.6) is 0 Å². The number of carbonyl (C=O) groups is 1. The van der Waals surface area contributed by atoms with E-state index in [2.05, 4.69) is 19.2 Å². The van der Waals surface area contributed by atoms with E-state index in [1.54, 1.807) is 0 Å². The summed E-state index contributed by atoms with van der Waals surface area (Å²) in [5.74, 6) is 2.49. The van der Waals surface area contributed by atoms with Crippen LogP contribution in [0.15, 0.2) is 0 Å². The molecule has 3 nitrogen and oxygen atoms in total. The number of hydrogen-bond acceptors (Lipinski definition) is 2. The van der Waals surface area contributed by atoms with Crippen molar-refractivity contribution < 1.29 is 9.90 Å². The summed E-state index contributed by atoms with van der Waals surface area (Å²) in [6, 6.07) is 0.399. The average molecular weight is 291 g/mol. The van der Waals surface area contributed by atoms with Gasteiger partial charge in [-0.3, -0.25) is 4.79 Å². The third-order valence-corrected chi connectivity index (χ3v) is 7.84. The zero-order valence-corrected chi connectivity index (χ0v) is 13.4. The van der Waals surface area contributed by atoms with E-state index in [0.29, 0.717) is 29.2 Å². The number of aliphatic hydroxyl groups is 1. The molecule has 3 heteroatoms. The Balaban J connectivity index is 1.63. The topological polar surface area (TPSA) is 49.3 Å². The van der Waals surface area contributed by atoms with Crippen LogP contribution in [0, 0.1) is 28.6 Å². The molecule has 0 radical (unpaired) electrons. The third kappa shape index (κ3) is 1.92. The Morgan fingerprint density at radius 3 is 2.76 bits per heavy atom. The standard InChI is InChI=1S/C18H29NO2/c1-17-7-5-13-12(14(17)9-11(20)10-17)3-4-15-18(13,2)8-6-16(21)19-15/h11-15,20H,3-10H2,1-2H3,(H,19,21)/t11?,12-,13-,14+,15?,17-,18-/m1/s1. The molecule has 1 aliphatic heterocycles. The fourth-order valence-corrected chi connectivity index (χ4v) is 6.72. The lowest BCUT2D eigenvalue weighted by atomic mass is 9.48. The second-order valence-corrected chi connectivity index (χ2v) is 8.87. The Hall–Kier alpha value is -0.570. The monoisotopic (exact) mass is 291 g/mol. The van der Waals surface area contributed by atoms with Crippen molar-refractivity contribution in [2.75, 3.05) is 0 Å². The van der Waals surface area contributed by atoms with Gasteiger partial charge in [0.1, 0.15) is 0 Å². The molecule has 4 fully saturated rings. The van der Waals surface area contributed by atoms with Crippen molar-refractivity contribution in [1.82, 2.24) is 5.32 Å². The van der Waals surface area contributed by atoms with Crippen LogP contribution in [0.4, 0.5) is 0 Å². The Labute approximate surface area is 127 Å². The maximum Gasteiger partial charge on any atom is 0.220 e. The van der Waals surface area contributed by atoms with Gasteiger partial charge in [0, 0.05) is 12.5 Å². The minimum Gasteiger partial charge on any atom is -0.393 e. The first-order valence-corrected chi connectivity index (χ1v) is 8.90. The molecule has 0 spiro atoms. The smallest absolute Gasteiger partial charge is 0.220 e. The van der Waals surface area contributed by atoms with Gasteiger partial charge in [0.2, 0.25) is 5.91 Å². The molecule has 3 saturated carbocycles. The normalized spacial score (nSPS) is 56.1. The number of nitrogens with one attached hydrogen (secondary N) is 1. The summed E-state index contributed by atoms with van der Waals surface area (Å²) in [4.78, 5) is 11.8. The van der Waals surface area contributed by atoms with Gasteiger partial charge in [-0.1, -0.05) is 13.8 Å². The van der Waals surface area contributed by atoms with E-state index in [1.807, 2.05) is 0 Å². The first-order chi connectivity index (χ1) is 9.92. The van der Waals surface area contributed by atoms with E-state index in [-0.39, 0.29) is 12.0 Å². The second-order valence-electron chi connectivity index (χ2n) is 8.87. The van der Waals surface area contributed by atoms with Crippen molar-refractivity contribution >= 4 is 5.91 Å². The van der Waals surface area contributed by atoms with Crippen molar-refractivity contribution in [3.05, 3.63) is 0 Å². The molecule has 4 aliphatic rings. The Morgan fingerprint density at radius 1 is 1.14 bits per heavy atom. The maximum absolute atomic E-state index is 11.8. The van der Waals surface area contributed by atoms with E-state index < -0.39 is 0 Å². The predicted molar refractivity (Wildman–Crippen MR) is 81.6 cm³/mol. The Bertz CT molecular complexity index is 464. The molecule has 1 amide bonds. The molecule has 0 bridgehead atoms. The molecule has 1 heterocycles. The molecule has 7 atom stereocenters. The van der Waals surface area contributed by atoms with Crippen molar-refractivity contribution in [2.45, 2.75) is 77.4 Å². The molecule has 118 valence electrons. The zero-order valence-electron chi connectivity index (χ0n) is 13.4. The van der Waals surface area contributed by atoms with Gasteiger partial charge in [-0.15, -0.1) is 0 Å². The van der Waals surface area contributed by atoms with Gasteiger partial charge in [-0.2, -0.15) is 0 Å². The number of piperidine rings is 1. The number of amides is 1. The average Bonchev–Trinajstić information content (AvgIpc) is 2.74. The first-order valence-electron chi connectivity index (χ1n) is 8.90. The minimum absolute atomic E-state index is 0.0738. The van der Waals surface area contributed by atoms with Crippen LogP contribution in [-0.4, -0.2) is 23.2 Å². The molecule has 21 heavy (non-hydrogen) atoms.